The van der Waals surface area contributed by atoms with Crippen LogP contribution in [0.4, 0.5) is 5.69 Å². The van der Waals surface area contributed by atoms with E-state index in [4.69, 9.17) is 18.0 Å². The van der Waals surface area contributed by atoms with Crippen LogP contribution in [0.15, 0.2) is 18.3 Å². The van der Waals surface area contributed by atoms with Gasteiger partial charge in [-0.25, -0.2) is 0 Å². The van der Waals surface area contributed by atoms with Crippen LogP contribution >= 0.6 is 12.2 Å². The quantitative estimate of drug-likeness (QED) is 0.808. The lowest BCUT2D eigenvalue weighted by Gasteiger charge is -2.11. The number of nitrogens with zero attached hydrogens (tertiary/aromatic N) is 1. The first-order chi connectivity index (χ1) is 7.78. The number of rotatable bonds is 3. The van der Waals surface area contributed by atoms with Crippen molar-refractivity contribution in [3.8, 4) is 0 Å². The Morgan fingerprint density at radius 1 is 1.35 bits per heavy atom. The highest BCUT2D eigenvalue weighted by Gasteiger charge is 2.65. The molecule has 0 atom stereocenters. The van der Waals surface area contributed by atoms with Crippen molar-refractivity contribution in [3.05, 3.63) is 24.0 Å². The van der Waals surface area contributed by atoms with Gasteiger partial charge in [-0.15, -0.1) is 0 Å². The molecule has 0 amide bonds. The first kappa shape index (κ1) is 12.3. The van der Waals surface area contributed by atoms with Crippen molar-refractivity contribution >= 4 is 22.9 Å². The molecule has 0 saturated heterocycles. The van der Waals surface area contributed by atoms with Gasteiger partial charge in [-0.3, -0.25) is 4.98 Å². The Bertz CT molecular complexity index is 451. The van der Waals surface area contributed by atoms with E-state index in [2.05, 4.69) is 38.0 Å². The van der Waals surface area contributed by atoms with Crippen LogP contribution in [0, 0.1) is 10.8 Å². The molecule has 92 valence electrons. The zero-order chi connectivity index (χ0) is 12.8. The summed E-state index contributed by atoms with van der Waals surface area (Å²) in [6.45, 7) is 9.06. The second-order valence-electron chi connectivity index (χ2n) is 5.78. The van der Waals surface area contributed by atoms with E-state index < -0.39 is 0 Å². The van der Waals surface area contributed by atoms with Gasteiger partial charge in [0.2, 0.25) is 0 Å². The highest BCUT2D eigenvalue weighted by molar-refractivity contribution is 7.80. The summed E-state index contributed by atoms with van der Waals surface area (Å²) in [6.07, 6.45) is 1.71. The van der Waals surface area contributed by atoms with Crippen molar-refractivity contribution in [1.29, 1.82) is 0 Å². The van der Waals surface area contributed by atoms with Crippen molar-refractivity contribution in [2.45, 2.75) is 33.7 Å². The van der Waals surface area contributed by atoms with Crippen LogP contribution < -0.4 is 11.1 Å². The van der Waals surface area contributed by atoms with Crippen LogP contribution in [0.1, 0.15) is 33.4 Å². The minimum atomic E-state index is 0.274. The Kier molecular flexibility index (Phi) is 2.65. The third-order valence-electron chi connectivity index (χ3n) is 4.36. The molecule has 0 bridgehead atoms. The minimum Gasteiger partial charge on any atom is -0.388 e. The first-order valence-corrected chi connectivity index (χ1v) is 6.20. The summed E-state index contributed by atoms with van der Waals surface area (Å²) in [7, 11) is 0. The summed E-state index contributed by atoms with van der Waals surface area (Å²) in [6, 6.07) is 4.30. The molecule has 17 heavy (non-hydrogen) atoms. The average Bonchev–Trinajstić information content (AvgIpc) is 2.61. The van der Waals surface area contributed by atoms with Gasteiger partial charge in [-0.05, 0) is 23.0 Å². The Morgan fingerprint density at radius 3 is 2.41 bits per heavy atom. The maximum absolute atomic E-state index is 5.67. The van der Waals surface area contributed by atoms with Gasteiger partial charge in [0.15, 0.2) is 0 Å². The summed E-state index contributed by atoms with van der Waals surface area (Å²) < 4.78 is 0. The van der Waals surface area contributed by atoms with Gasteiger partial charge in [-0.2, -0.15) is 0 Å². The second-order valence-corrected chi connectivity index (χ2v) is 6.22. The number of hydrogen-bond acceptors (Lipinski definition) is 3. The summed E-state index contributed by atoms with van der Waals surface area (Å²) in [5, 5.41) is 3.52. The summed E-state index contributed by atoms with van der Waals surface area (Å²) >= 11 is 5.01. The fraction of sp³-hybridized carbons (Fsp3) is 0.538. The number of aromatic nitrogens is 1. The maximum Gasteiger partial charge on any atom is 0.124 e. The summed E-state index contributed by atoms with van der Waals surface area (Å²) in [5.74, 6) is 0. The highest BCUT2D eigenvalue weighted by Crippen LogP contribution is 2.63. The van der Waals surface area contributed by atoms with E-state index >= 15 is 0 Å². The van der Waals surface area contributed by atoms with Crippen LogP contribution in [-0.2, 0) is 0 Å². The van der Waals surface area contributed by atoms with Gasteiger partial charge < -0.3 is 11.1 Å². The minimum absolute atomic E-state index is 0.274. The smallest absolute Gasteiger partial charge is 0.124 e. The molecule has 3 nitrogen and oxygen atoms in total. The number of nitrogens with one attached hydrogen (secondary N) is 1. The molecule has 1 fully saturated rings. The fourth-order valence-electron chi connectivity index (χ4n) is 2.43. The van der Waals surface area contributed by atoms with E-state index in [0.717, 1.165) is 5.69 Å². The van der Waals surface area contributed by atoms with E-state index in [1.165, 1.54) is 0 Å². The molecule has 1 aromatic heterocycles. The van der Waals surface area contributed by atoms with Crippen molar-refractivity contribution in [1.82, 2.24) is 4.98 Å². The monoisotopic (exact) mass is 249 g/mol. The molecule has 1 aliphatic carbocycles. The largest absolute Gasteiger partial charge is 0.388 e. The van der Waals surface area contributed by atoms with Crippen LogP contribution in [-0.4, -0.2) is 16.0 Å². The predicted octanol–water partition coefficient (Wildman–Crippen LogP) is 2.56. The Hall–Kier alpha value is -1.16. The third kappa shape index (κ3) is 1.80. The molecule has 1 saturated carbocycles. The lowest BCUT2D eigenvalue weighted by molar-refractivity contribution is 0.457. The first-order valence-electron chi connectivity index (χ1n) is 5.80. The molecule has 0 radical (unpaired) electrons. The van der Waals surface area contributed by atoms with Crippen molar-refractivity contribution in [2.75, 3.05) is 5.32 Å². The van der Waals surface area contributed by atoms with Gasteiger partial charge in [0.1, 0.15) is 10.7 Å². The average molecular weight is 249 g/mol. The molecule has 4 heteroatoms. The number of thiocarbonyl (C=S) groups is 1. The van der Waals surface area contributed by atoms with Crippen molar-refractivity contribution < 1.29 is 0 Å². The van der Waals surface area contributed by atoms with Crippen LogP contribution in [0.3, 0.4) is 0 Å². The molecule has 1 aliphatic rings. The molecular weight excluding hydrogens is 230 g/mol. The van der Waals surface area contributed by atoms with E-state index in [1.54, 1.807) is 6.20 Å². The lowest BCUT2D eigenvalue weighted by atomic mass is 10.0. The number of pyridine rings is 1. The van der Waals surface area contributed by atoms with E-state index in [-0.39, 0.29) is 10.8 Å². The molecule has 0 aromatic carbocycles. The van der Waals surface area contributed by atoms with Crippen LogP contribution in [0.25, 0.3) is 0 Å². The Balaban J connectivity index is 2.25. The van der Waals surface area contributed by atoms with Crippen LogP contribution in [0.5, 0.6) is 0 Å². The number of hydrogen-bond donors (Lipinski definition) is 2. The standard InChI is InChI=1S/C13H19N3S/c1-12(2)11(13(12,3)4)16-8-6-5-7-15-9(8)10(14)17/h5-7,11,16H,1-4H3,(H2,14,17). The van der Waals surface area contributed by atoms with Crippen molar-refractivity contribution in [3.63, 3.8) is 0 Å². The van der Waals surface area contributed by atoms with Gasteiger partial charge in [0.25, 0.3) is 0 Å². The third-order valence-corrected chi connectivity index (χ3v) is 4.56. The molecule has 2 rings (SSSR count). The van der Waals surface area contributed by atoms with Gasteiger partial charge in [-0.1, -0.05) is 39.9 Å². The van der Waals surface area contributed by atoms with E-state index in [9.17, 15) is 0 Å². The topological polar surface area (TPSA) is 50.9 Å². The maximum atomic E-state index is 5.67. The van der Waals surface area contributed by atoms with Crippen LogP contribution in [0.2, 0.25) is 0 Å². The van der Waals surface area contributed by atoms with E-state index in [1.807, 2.05) is 12.1 Å². The van der Waals surface area contributed by atoms with Crippen molar-refractivity contribution in [2.24, 2.45) is 16.6 Å². The molecule has 0 spiro atoms. The predicted molar refractivity (Wildman–Crippen MR) is 75.1 cm³/mol. The Morgan fingerprint density at radius 2 is 1.94 bits per heavy atom. The number of anilines is 1. The normalized spacial score (nSPS) is 20.9. The summed E-state index contributed by atoms with van der Waals surface area (Å²) in [5.41, 5.74) is 7.84. The molecule has 1 heterocycles. The molecule has 3 N–H and O–H groups in total. The second kappa shape index (κ2) is 3.67. The van der Waals surface area contributed by atoms with E-state index in [0.29, 0.717) is 16.7 Å². The number of nitrogens with two attached hydrogens (primary N) is 1. The SMILES string of the molecule is CC1(C)C(Nc2cccnc2C(N)=S)C1(C)C. The fourth-order valence-corrected chi connectivity index (χ4v) is 2.59. The highest BCUT2D eigenvalue weighted by atomic mass is 32.1. The summed E-state index contributed by atoms with van der Waals surface area (Å²) in [4.78, 5) is 4.56. The van der Waals surface area contributed by atoms with Gasteiger partial charge in [0.05, 0.1) is 5.69 Å². The molecule has 0 aliphatic heterocycles. The van der Waals surface area contributed by atoms with Gasteiger partial charge >= 0.3 is 0 Å². The molecule has 0 unspecified atom stereocenters. The van der Waals surface area contributed by atoms with Gasteiger partial charge in [0, 0.05) is 12.2 Å². The molecule has 1 aromatic rings. The molecular formula is C13H19N3S. The Labute approximate surface area is 108 Å². The zero-order valence-corrected chi connectivity index (χ0v) is 11.6. The zero-order valence-electron chi connectivity index (χ0n) is 10.7. The lowest BCUT2D eigenvalue weighted by Crippen LogP contribution is -2.18.